The zero-order valence-corrected chi connectivity index (χ0v) is 16.4. The fourth-order valence-electron chi connectivity index (χ4n) is 3.29. The maximum Gasteiger partial charge on any atom is 0.265 e. The van der Waals surface area contributed by atoms with Crippen molar-refractivity contribution in [1.82, 2.24) is 9.88 Å². The molecule has 0 radical (unpaired) electrons. The van der Waals surface area contributed by atoms with Crippen molar-refractivity contribution in [3.05, 3.63) is 45.4 Å². The Labute approximate surface area is 154 Å². The van der Waals surface area contributed by atoms with E-state index in [1.165, 1.54) is 11.3 Å². The molecule has 4 nitrogen and oxygen atoms in total. The molecule has 1 aromatic carbocycles. The Morgan fingerprint density at radius 2 is 1.88 bits per heavy atom. The van der Waals surface area contributed by atoms with Gasteiger partial charge in [-0.1, -0.05) is 32.0 Å². The molecule has 1 aliphatic heterocycles. The smallest absolute Gasteiger partial charge is 0.265 e. The summed E-state index contributed by atoms with van der Waals surface area (Å²) in [6.45, 7) is 11.8. The molecule has 0 spiro atoms. The summed E-state index contributed by atoms with van der Waals surface area (Å²) in [6.07, 6.45) is 0.995. The summed E-state index contributed by atoms with van der Waals surface area (Å²) in [5.41, 5.74) is 3.45. The molecule has 0 aliphatic carbocycles. The highest BCUT2D eigenvalue weighted by molar-refractivity contribution is 7.13. The number of nitrogens with zero attached hydrogens (tertiary/aromatic N) is 3. The lowest BCUT2D eigenvalue weighted by Crippen LogP contribution is -2.35. The fraction of sp³-hybridized carbons (Fsp3) is 0.500. The lowest BCUT2D eigenvalue weighted by molar-refractivity contribution is 0.0771. The fourth-order valence-corrected chi connectivity index (χ4v) is 4.32. The number of rotatable bonds is 3. The van der Waals surface area contributed by atoms with Gasteiger partial charge in [-0.2, -0.15) is 0 Å². The average molecular weight is 358 g/mol. The molecule has 2 heterocycles. The molecule has 1 saturated heterocycles. The van der Waals surface area contributed by atoms with Gasteiger partial charge in [0, 0.05) is 37.8 Å². The number of benzene rings is 1. The van der Waals surface area contributed by atoms with Crippen LogP contribution in [-0.2, 0) is 0 Å². The largest absolute Gasteiger partial charge is 0.369 e. The first-order valence-corrected chi connectivity index (χ1v) is 9.86. The summed E-state index contributed by atoms with van der Waals surface area (Å²) in [6, 6.07) is 8.49. The lowest BCUT2D eigenvalue weighted by Gasteiger charge is -2.25. The van der Waals surface area contributed by atoms with Crippen molar-refractivity contribution in [2.24, 2.45) is 0 Å². The number of anilines is 1. The summed E-state index contributed by atoms with van der Waals surface area (Å²) in [5.74, 6) is 0.513. The number of hydrogen-bond acceptors (Lipinski definition) is 4. The zero-order chi connectivity index (χ0) is 18.0. The number of carbonyl (C=O) groups is 1. The SMILES string of the molecule is Cc1ccccc1N1CCCN(C(=O)c2sc(C(C)C)nc2C)CC1. The Morgan fingerprint density at radius 3 is 2.56 bits per heavy atom. The molecule has 2 aromatic rings. The molecule has 1 fully saturated rings. The van der Waals surface area contributed by atoms with Crippen LogP contribution in [0, 0.1) is 13.8 Å². The van der Waals surface area contributed by atoms with E-state index in [1.54, 1.807) is 11.3 Å². The normalized spacial score (nSPS) is 15.6. The van der Waals surface area contributed by atoms with Crippen molar-refractivity contribution in [3.63, 3.8) is 0 Å². The van der Waals surface area contributed by atoms with Crippen molar-refractivity contribution in [2.75, 3.05) is 31.1 Å². The molecule has 3 rings (SSSR count). The molecule has 0 bridgehead atoms. The topological polar surface area (TPSA) is 36.4 Å². The third-order valence-corrected chi connectivity index (χ3v) is 6.19. The second-order valence-electron chi connectivity index (χ2n) is 7.04. The minimum Gasteiger partial charge on any atom is -0.369 e. The number of aryl methyl sites for hydroxylation is 2. The van der Waals surface area contributed by atoms with Gasteiger partial charge in [0.25, 0.3) is 5.91 Å². The number of aromatic nitrogens is 1. The zero-order valence-electron chi connectivity index (χ0n) is 15.6. The second kappa shape index (κ2) is 7.56. The number of amides is 1. The van der Waals surface area contributed by atoms with Gasteiger partial charge in [0.05, 0.1) is 10.7 Å². The molecule has 1 amide bonds. The molecule has 0 unspecified atom stereocenters. The number of carbonyl (C=O) groups excluding carboxylic acids is 1. The minimum atomic E-state index is 0.147. The van der Waals surface area contributed by atoms with Crippen LogP contribution in [0.4, 0.5) is 5.69 Å². The van der Waals surface area contributed by atoms with Gasteiger partial charge < -0.3 is 9.80 Å². The van der Waals surface area contributed by atoms with Gasteiger partial charge in [-0.15, -0.1) is 11.3 Å². The molecule has 25 heavy (non-hydrogen) atoms. The monoisotopic (exact) mass is 357 g/mol. The van der Waals surface area contributed by atoms with Crippen LogP contribution in [-0.4, -0.2) is 42.0 Å². The van der Waals surface area contributed by atoms with Gasteiger partial charge in [0.15, 0.2) is 0 Å². The van der Waals surface area contributed by atoms with E-state index in [0.29, 0.717) is 5.92 Å². The Balaban J connectivity index is 1.73. The minimum absolute atomic E-state index is 0.147. The maximum atomic E-state index is 13.0. The molecular weight excluding hydrogens is 330 g/mol. The van der Waals surface area contributed by atoms with E-state index in [2.05, 4.69) is 54.9 Å². The number of para-hydroxylation sites is 1. The molecule has 5 heteroatoms. The van der Waals surface area contributed by atoms with Gasteiger partial charge in [0.1, 0.15) is 4.88 Å². The van der Waals surface area contributed by atoms with Crippen LogP contribution in [0.1, 0.15) is 52.1 Å². The van der Waals surface area contributed by atoms with Crippen molar-refractivity contribution >= 4 is 22.9 Å². The molecule has 0 atom stereocenters. The van der Waals surface area contributed by atoms with Gasteiger partial charge in [-0.25, -0.2) is 4.98 Å². The summed E-state index contributed by atoms with van der Waals surface area (Å²) in [4.78, 5) is 22.8. The standard InChI is InChI=1S/C20H27N3OS/c1-14(2)19-21-16(4)18(25-19)20(24)23-11-7-10-22(12-13-23)17-9-6-5-8-15(17)3/h5-6,8-9,14H,7,10-13H2,1-4H3. The van der Waals surface area contributed by atoms with Gasteiger partial charge in [0.2, 0.25) is 0 Å². The van der Waals surface area contributed by atoms with E-state index in [1.807, 2.05) is 11.8 Å². The van der Waals surface area contributed by atoms with Gasteiger partial charge in [-0.05, 0) is 31.9 Å². The maximum absolute atomic E-state index is 13.0. The Hall–Kier alpha value is -1.88. The van der Waals surface area contributed by atoms with E-state index in [-0.39, 0.29) is 5.91 Å². The van der Waals surface area contributed by atoms with E-state index < -0.39 is 0 Å². The van der Waals surface area contributed by atoms with E-state index in [4.69, 9.17) is 0 Å². The van der Waals surface area contributed by atoms with Crippen LogP contribution in [0.3, 0.4) is 0 Å². The highest BCUT2D eigenvalue weighted by atomic mass is 32.1. The molecule has 1 aromatic heterocycles. The van der Waals surface area contributed by atoms with Crippen molar-refractivity contribution < 1.29 is 4.79 Å². The van der Waals surface area contributed by atoms with Crippen LogP contribution < -0.4 is 4.90 Å². The first-order chi connectivity index (χ1) is 12.0. The quantitative estimate of drug-likeness (QED) is 0.824. The highest BCUT2D eigenvalue weighted by Gasteiger charge is 2.25. The third-order valence-electron chi connectivity index (χ3n) is 4.74. The molecule has 0 saturated carbocycles. The Morgan fingerprint density at radius 1 is 1.12 bits per heavy atom. The second-order valence-corrected chi connectivity index (χ2v) is 8.07. The lowest BCUT2D eigenvalue weighted by atomic mass is 10.2. The predicted octanol–water partition coefficient (Wildman–Crippen LogP) is 4.24. The number of hydrogen-bond donors (Lipinski definition) is 0. The summed E-state index contributed by atoms with van der Waals surface area (Å²) < 4.78 is 0. The Kier molecular flexibility index (Phi) is 5.42. The summed E-state index contributed by atoms with van der Waals surface area (Å²) >= 11 is 1.56. The molecule has 0 N–H and O–H groups in total. The van der Waals surface area contributed by atoms with E-state index in [9.17, 15) is 4.79 Å². The van der Waals surface area contributed by atoms with Crippen molar-refractivity contribution in [2.45, 2.75) is 40.0 Å². The first kappa shape index (κ1) is 17.9. The van der Waals surface area contributed by atoms with Crippen LogP contribution in [0.25, 0.3) is 0 Å². The summed E-state index contributed by atoms with van der Waals surface area (Å²) in [5, 5.41) is 1.05. The third kappa shape index (κ3) is 3.87. The molecule has 1 aliphatic rings. The van der Waals surface area contributed by atoms with Gasteiger partial charge >= 0.3 is 0 Å². The average Bonchev–Trinajstić information content (AvgIpc) is 2.82. The predicted molar refractivity (Wildman–Crippen MR) is 105 cm³/mol. The molecular formula is C20H27N3OS. The van der Waals surface area contributed by atoms with Crippen molar-refractivity contribution in [3.8, 4) is 0 Å². The Bertz CT molecular complexity index is 753. The van der Waals surface area contributed by atoms with Crippen LogP contribution in [0.15, 0.2) is 24.3 Å². The summed E-state index contributed by atoms with van der Waals surface area (Å²) in [7, 11) is 0. The number of thiazole rings is 1. The van der Waals surface area contributed by atoms with Crippen LogP contribution in [0.2, 0.25) is 0 Å². The van der Waals surface area contributed by atoms with E-state index in [0.717, 1.165) is 48.2 Å². The highest BCUT2D eigenvalue weighted by Crippen LogP contribution is 2.27. The first-order valence-electron chi connectivity index (χ1n) is 9.04. The molecule has 134 valence electrons. The van der Waals surface area contributed by atoms with Crippen LogP contribution >= 0.6 is 11.3 Å². The van der Waals surface area contributed by atoms with Crippen molar-refractivity contribution in [1.29, 1.82) is 0 Å². The van der Waals surface area contributed by atoms with Gasteiger partial charge in [-0.3, -0.25) is 4.79 Å². The van der Waals surface area contributed by atoms with Crippen LogP contribution in [0.5, 0.6) is 0 Å². The van der Waals surface area contributed by atoms with E-state index >= 15 is 0 Å².